The van der Waals surface area contributed by atoms with Crippen molar-refractivity contribution in [3.63, 3.8) is 0 Å². The SMILES string of the molecule is CCC(N)CCCCCC(=O)OCCCCOC(=O)CCN(CCCCO)CCC(=O)OCCCCOC(=O)CCCCCC(N)CC. The van der Waals surface area contributed by atoms with Crippen molar-refractivity contribution in [1.29, 1.82) is 0 Å². The van der Waals surface area contributed by atoms with E-state index in [2.05, 4.69) is 13.8 Å². The summed E-state index contributed by atoms with van der Waals surface area (Å²) in [6.07, 6.45) is 14.6. The van der Waals surface area contributed by atoms with Gasteiger partial charge in [0.2, 0.25) is 0 Å². The Hall–Kier alpha value is -2.28. The summed E-state index contributed by atoms with van der Waals surface area (Å²) in [5.74, 6) is -1.02. The van der Waals surface area contributed by atoms with Gasteiger partial charge in [0.05, 0.1) is 39.3 Å². The summed E-state index contributed by atoms with van der Waals surface area (Å²) < 4.78 is 21.2. The number of aliphatic hydroxyl groups excluding tert-OH is 1. The molecule has 0 bridgehead atoms. The highest BCUT2D eigenvalue weighted by atomic mass is 16.5. The van der Waals surface area contributed by atoms with Crippen LogP contribution in [0.2, 0.25) is 0 Å². The topological polar surface area (TPSA) is 181 Å². The van der Waals surface area contributed by atoms with Gasteiger partial charge in [0, 0.05) is 44.6 Å². The normalized spacial score (nSPS) is 12.5. The van der Waals surface area contributed by atoms with Crippen molar-refractivity contribution in [2.45, 2.75) is 154 Å². The van der Waals surface area contributed by atoms with Gasteiger partial charge in [-0.1, -0.05) is 39.5 Å². The third-order valence-electron chi connectivity index (χ3n) is 8.24. The summed E-state index contributed by atoms with van der Waals surface area (Å²) in [5, 5.41) is 9.13. The number of carbonyl (C=O) groups excluding carboxylic acids is 4. The lowest BCUT2D eigenvalue weighted by Crippen LogP contribution is -2.31. The minimum Gasteiger partial charge on any atom is -0.466 e. The van der Waals surface area contributed by atoms with E-state index in [1.807, 2.05) is 4.90 Å². The number of unbranched alkanes of at least 4 members (excludes halogenated alkanes) is 7. The monoisotopic (exact) mass is 688 g/mol. The number of esters is 4. The van der Waals surface area contributed by atoms with E-state index in [1.165, 1.54) is 0 Å². The Morgan fingerprint density at radius 1 is 0.500 bits per heavy atom. The van der Waals surface area contributed by atoms with Crippen LogP contribution in [0.5, 0.6) is 0 Å². The molecule has 2 atom stereocenters. The zero-order valence-electron chi connectivity index (χ0n) is 30.3. The molecule has 0 saturated carbocycles. The van der Waals surface area contributed by atoms with E-state index in [4.69, 9.17) is 35.5 Å². The Balaban J connectivity index is 3.96. The van der Waals surface area contributed by atoms with Gasteiger partial charge >= 0.3 is 23.9 Å². The maximum atomic E-state index is 12.3. The Labute approximate surface area is 290 Å². The van der Waals surface area contributed by atoms with Gasteiger partial charge in [-0.05, 0) is 83.6 Å². The average Bonchev–Trinajstić information content (AvgIpc) is 3.08. The Bertz CT molecular complexity index is 756. The standard InChI is InChI=1S/C36H69N3O9/c1-3-31(37)17-7-5-9-19-33(41)45-27-13-15-29-47-35(43)21-24-39(23-11-12-26-40)25-22-36(44)48-30-16-14-28-46-34(42)20-10-6-8-18-32(38)4-2/h31-32,40H,3-30,37-38H2,1-2H3. The fourth-order valence-electron chi connectivity index (χ4n) is 4.84. The van der Waals surface area contributed by atoms with E-state index in [9.17, 15) is 19.2 Å². The number of hydrogen-bond donors (Lipinski definition) is 3. The fourth-order valence-corrected chi connectivity index (χ4v) is 4.84. The molecule has 0 aliphatic carbocycles. The first-order valence-corrected chi connectivity index (χ1v) is 18.7. The molecule has 0 rings (SSSR count). The lowest BCUT2D eigenvalue weighted by Gasteiger charge is -2.21. The highest BCUT2D eigenvalue weighted by Gasteiger charge is 2.13. The second-order valence-corrected chi connectivity index (χ2v) is 12.6. The van der Waals surface area contributed by atoms with Crippen molar-refractivity contribution in [3.8, 4) is 0 Å². The molecule has 0 fully saturated rings. The Morgan fingerprint density at radius 3 is 1.23 bits per heavy atom. The van der Waals surface area contributed by atoms with E-state index in [0.29, 0.717) is 77.8 Å². The lowest BCUT2D eigenvalue weighted by atomic mass is 10.1. The lowest BCUT2D eigenvalue weighted by molar-refractivity contribution is -0.147. The van der Waals surface area contributed by atoms with Gasteiger partial charge in [-0.15, -0.1) is 0 Å². The summed E-state index contributed by atoms with van der Waals surface area (Å²) >= 11 is 0. The molecule has 12 nitrogen and oxygen atoms in total. The predicted octanol–water partition coefficient (Wildman–Crippen LogP) is 4.95. The largest absolute Gasteiger partial charge is 0.466 e. The molecule has 5 N–H and O–H groups in total. The van der Waals surface area contributed by atoms with Gasteiger partial charge in [0.15, 0.2) is 0 Å². The summed E-state index contributed by atoms with van der Waals surface area (Å²) in [6.45, 7) is 6.93. The number of nitrogens with zero attached hydrogens (tertiary/aromatic N) is 1. The van der Waals surface area contributed by atoms with Gasteiger partial charge in [0.25, 0.3) is 0 Å². The van der Waals surface area contributed by atoms with Gasteiger partial charge < -0.3 is 40.4 Å². The van der Waals surface area contributed by atoms with Crippen LogP contribution in [0.4, 0.5) is 0 Å². The molecule has 0 aliphatic heterocycles. The summed E-state index contributed by atoms with van der Waals surface area (Å²) in [4.78, 5) is 50.2. The van der Waals surface area contributed by atoms with Gasteiger partial charge in [-0.2, -0.15) is 0 Å². The molecule has 2 unspecified atom stereocenters. The second kappa shape index (κ2) is 33.2. The zero-order valence-corrected chi connectivity index (χ0v) is 30.3. The van der Waals surface area contributed by atoms with Crippen LogP contribution in [0.3, 0.4) is 0 Å². The Morgan fingerprint density at radius 2 is 0.875 bits per heavy atom. The second-order valence-electron chi connectivity index (χ2n) is 12.6. The summed E-state index contributed by atoms with van der Waals surface area (Å²) in [6, 6.07) is 0.486. The molecule has 0 spiro atoms. The molecular weight excluding hydrogens is 618 g/mol. The summed E-state index contributed by atoms with van der Waals surface area (Å²) in [5.41, 5.74) is 11.8. The molecule has 0 aromatic heterocycles. The first kappa shape index (κ1) is 45.7. The van der Waals surface area contributed by atoms with Crippen molar-refractivity contribution in [2.24, 2.45) is 11.5 Å². The average molecular weight is 688 g/mol. The van der Waals surface area contributed by atoms with E-state index in [-0.39, 0.29) is 68.6 Å². The minimum absolute atomic E-state index is 0.0883. The number of aliphatic hydroxyl groups is 1. The fraction of sp³-hybridized carbons (Fsp3) is 0.889. The van der Waals surface area contributed by atoms with Crippen LogP contribution in [0.25, 0.3) is 0 Å². The van der Waals surface area contributed by atoms with Crippen LogP contribution < -0.4 is 11.5 Å². The maximum Gasteiger partial charge on any atom is 0.307 e. The van der Waals surface area contributed by atoms with Gasteiger partial charge in [-0.25, -0.2) is 0 Å². The molecule has 12 heteroatoms. The van der Waals surface area contributed by atoms with Crippen LogP contribution in [-0.2, 0) is 38.1 Å². The van der Waals surface area contributed by atoms with Crippen molar-refractivity contribution in [3.05, 3.63) is 0 Å². The Kier molecular flexibility index (Phi) is 31.6. The first-order valence-electron chi connectivity index (χ1n) is 18.7. The highest BCUT2D eigenvalue weighted by molar-refractivity contribution is 5.70. The molecule has 0 radical (unpaired) electrons. The van der Waals surface area contributed by atoms with Crippen LogP contribution in [-0.4, -0.2) is 98.6 Å². The number of hydrogen-bond acceptors (Lipinski definition) is 12. The summed E-state index contributed by atoms with van der Waals surface area (Å²) in [7, 11) is 0. The van der Waals surface area contributed by atoms with Gasteiger partial charge in [0.1, 0.15) is 0 Å². The van der Waals surface area contributed by atoms with Crippen molar-refractivity contribution in [1.82, 2.24) is 4.90 Å². The number of rotatable bonds is 34. The number of carbonyl (C=O) groups is 4. The van der Waals surface area contributed by atoms with Crippen molar-refractivity contribution < 1.29 is 43.2 Å². The molecule has 0 heterocycles. The molecule has 0 aliphatic rings. The van der Waals surface area contributed by atoms with E-state index < -0.39 is 0 Å². The zero-order chi connectivity index (χ0) is 35.7. The number of nitrogens with two attached hydrogens (primary N) is 2. The van der Waals surface area contributed by atoms with Gasteiger partial charge in [-0.3, -0.25) is 19.2 Å². The smallest absolute Gasteiger partial charge is 0.307 e. The van der Waals surface area contributed by atoms with Crippen LogP contribution in [0.15, 0.2) is 0 Å². The van der Waals surface area contributed by atoms with Crippen LogP contribution in [0, 0.1) is 0 Å². The molecular formula is C36H69N3O9. The predicted molar refractivity (Wildman–Crippen MR) is 187 cm³/mol. The van der Waals surface area contributed by atoms with E-state index >= 15 is 0 Å². The highest BCUT2D eigenvalue weighted by Crippen LogP contribution is 2.09. The molecule has 48 heavy (non-hydrogen) atoms. The molecule has 0 aromatic rings. The quantitative estimate of drug-likeness (QED) is 0.0471. The maximum absolute atomic E-state index is 12.3. The third-order valence-corrected chi connectivity index (χ3v) is 8.24. The molecule has 282 valence electrons. The number of ether oxygens (including phenoxy) is 4. The van der Waals surface area contributed by atoms with Crippen LogP contribution in [0.1, 0.15) is 142 Å². The molecule has 0 amide bonds. The van der Waals surface area contributed by atoms with Crippen LogP contribution >= 0.6 is 0 Å². The first-order chi connectivity index (χ1) is 23.2. The van der Waals surface area contributed by atoms with Crippen molar-refractivity contribution >= 4 is 23.9 Å². The van der Waals surface area contributed by atoms with E-state index in [0.717, 1.165) is 70.6 Å². The van der Waals surface area contributed by atoms with E-state index in [1.54, 1.807) is 0 Å². The van der Waals surface area contributed by atoms with Crippen molar-refractivity contribution in [2.75, 3.05) is 52.7 Å². The third kappa shape index (κ3) is 31.0. The molecule has 0 saturated heterocycles. The molecule has 0 aromatic carbocycles. The minimum atomic E-state index is -0.318.